The molecule has 0 aliphatic heterocycles. The fourth-order valence-electron chi connectivity index (χ4n) is 1.73. The van der Waals surface area contributed by atoms with Gasteiger partial charge in [-0.3, -0.25) is 4.79 Å². The molecule has 0 aliphatic rings. The number of carbonyl (C=O) groups excluding carboxylic acids is 1. The number of benzene rings is 1. The minimum atomic E-state index is -0.350. The van der Waals surface area contributed by atoms with Crippen molar-refractivity contribution < 1.29 is 4.79 Å². The van der Waals surface area contributed by atoms with Crippen LogP contribution in [0.2, 0.25) is 0 Å². The predicted molar refractivity (Wildman–Crippen MR) is 70.7 cm³/mol. The number of hydrogen-bond donors (Lipinski definition) is 1. The minimum absolute atomic E-state index is 0.0422. The number of amides is 1. The molecule has 0 radical (unpaired) electrons. The van der Waals surface area contributed by atoms with Crippen LogP contribution in [0.3, 0.4) is 0 Å². The van der Waals surface area contributed by atoms with Gasteiger partial charge >= 0.3 is 0 Å². The van der Waals surface area contributed by atoms with Crippen molar-refractivity contribution in [1.29, 1.82) is 0 Å². The lowest BCUT2D eigenvalue weighted by Gasteiger charge is -2.20. The molecule has 0 heterocycles. The molecule has 2 N–H and O–H groups in total. The Morgan fingerprint density at radius 2 is 2.00 bits per heavy atom. The monoisotopic (exact) mass is 234 g/mol. The molecule has 0 saturated carbocycles. The second kappa shape index (κ2) is 7.07. The minimum Gasteiger partial charge on any atom is -0.344 e. The third-order valence-corrected chi connectivity index (χ3v) is 2.94. The fourth-order valence-corrected chi connectivity index (χ4v) is 1.73. The molecule has 0 saturated heterocycles. The second-order valence-corrected chi connectivity index (χ2v) is 4.36. The van der Waals surface area contributed by atoms with Gasteiger partial charge in [0.15, 0.2) is 0 Å². The Morgan fingerprint density at radius 1 is 1.35 bits per heavy atom. The zero-order valence-corrected chi connectivity index (χ0v) is 10.7. The number of likely N-dealkylation sites (N-methyl/N-ethyl adjacent to an activating group) is 1. The zero-order chi connectivity index (χ0) is 12.7. The number of rotatable bonds is 6. The Morgan fingerprint density at radius 3 is 2.59 bits per heavy atom. The average molecular weight is 234 g/mol. The van der Waals surface area contributed by atoms with E-state index in [0.717, 1.165) is 19.4 Å². The van der Waals surface area contributed by atoms with E-state index in [-0.39, 0.29) is 11.9 Å². The van der Waals surface area contributed by atoms with Gasteiger partial charge in [-0.2, -0.15) is 0 Å². The summed E-state index contributed by atoms with van der Waals surface area (Å²) in [5, 5.41) is 0. The van der Waals surface area contributed by atoms with Crippen molar-refractivity contribution in [3.8, 4) is 0 Å². The van der Waals surface area contributed by atoms with E-state index in [2.05, 4.69) is 12.1 Å². The molecule has 1 amide bonds. The van der Waals surface area contributed by atoms with E-state index in [4.69, 9.17) is 5.73 Å². The van der Waals surface area contributed by atoms with Gasteiger partial charge in [0.05, 0.1) is 6.04 Å². The molecular formula is C14H22N2O. The maximum atomic E-state index is 11.7. The summed E-state index contributed by atoms with van der Waals surface area (Å²) in [6, 6.07) is 9.96. The first-order valence-corrected chi connectivity index (χ1v) is 6.19. The van der Waals surface area contributed by atoms with E-state index in [1.54, 1.807) is 4.90 Å². The van der Waals surface area contributed by atoms with Crippen LogP contribution in [0.15, 0.2) is 30.3 Å². The molecule has 0 unspecified atom stereocenters. The van der Waals surface area contributed by atoms with E-state index in [9.17, 15) is 4.79 Å². The van der Waals surface area contributed by atoms with Crippen molar-refractivity contribution >= 4 is 5.91 Å². The SMILES string of the molecule is CC[C@@H](N)C(=O)N(C)CCCc1ccccc1. The van der Waals surface area contributed by atoms with Crippen molar-refractivity contribution in [2.24, 2.45) is 5.73 Å². The third-order valence-electron chi connectivity index (χ3n) is 2.94. The molecule has 0 aliphatic carbocycles. The van der Waals surface area contributed by atoms with E-state index >= 15 is 0 Å². The predicted octanol–water partition coefficient (Wildman–Crippen LogP) is 1.81. The van der Waals surface area contributed by atoms with Gasteiger partial charge in [0, 0.05) is 13.6 Å². The van der Waals surface area contributed by atoms with Crippen LogP contribution in [0.5, 0.6) is 0 Å². The van der Waals surface area contributed by atoms with Crippen LogP contribution in [0.1, 0.15) is 25.3 Å². The van der Waals surface area contributed by atoms with Gasteiger partial charge < -0.3 is 10.6 Å². The molecule has 1 rings (SSSR count). The summed E-state index contributed by atoms with van der Waals surface area (Å²) >= 11 is 0. The summed E-state index contributed by atoms with van der Waals surface area (Å²) in [6.45, 7) is 2.70. The summed E-state index contributed by atoms with van der Waals surface area (Å²) in [5.74, 6) is 0.0422. The Kier molecular flexibility index (Phi) is 5.70. The van der Waals surface area contributed by atoms with E-state index < -0.39 is 0 Å². The van der Waals surface area contributed by atoms with Crippen molar-refractivity contribution in [2.45, 2.75) is 32.2 Å². The largest absolute Gasteiger partial charge is 0.344 e. The van der Waals surface area contributed by atoms with E-state index in [1.807, 2.05) is 32.2 Å². The normalized spacial score (nSPS) is 12.2. The summed E-state index contributed by atoms with van der Waals surface area (Å²) in [6.07, 6.45) is 2.67. The number of hydrogen-bond acceptors (Lipinski definition) is 2. The number of aryl methyl sites for hydroxylation is 1. The first-order valence-electron chi connectivity index (χ1n) is 6.19. The van der Waals surface area contributed by atoms with E-state index in [1.165, 1.54) is 5.56 Å². The maximum absolute atomic E-state index is 11.7. The highest BCUT2D eigenvalue weighted by Crippen LogP contribution is 2.04. The molecule has 3 nitrogen and oxygen atoms in total. The Bertz CT molecular complexity index is 337. The summed E-state index contributed by atoms with van der Waals surface area (Å²) < 4.78 is 0. The second-order valence-electron chi connectivity index (χ2n) is 4.36. The van der Waals surface area contributed by atoms with Gasteiger partial charge in [0.2, 0.25) is 5.91 Å². The molecule has 0 bridgehead atoms. The summed E-state index contributed by atoms with van der Waals surface area (Å²) in [4.78, 5) is 13.5. The molecule has 3 heteroatoms. The molecule has 0 fully saturated rings. The van der Waals surface area contributed by atoms with Gasteiger partial charge in [-0.1, -0.05) is 37.3 Å². The van der Waals surface area contributed by atoms with Gasteiger partial charge in [0.1, 0.15) is 0 Å². The lowest BCUT2D eigenvalue weighted by atomic mass is 10.1. The molecule has 1 aromatic carbocycles. The maximum Gasteiger partial charge on any atom is 0.239 e. The van der Waals surface area contributed by atoms with Crippen molar-refractivity contribution in [3.05, 3.63) is 35.9 Å². The molecule has 0 spiro atoms. The molecule has 17 heavy (non-hydrogen) atoms. The van der Waals surface area contributed by atoms with Gasteiger partial charge in [-0.25, -0.2) is 0 Å². The summed E-state index contributed by atoms with van der Waals surface area (Å²) in [7, 11) is 1.82. The van der Waals surface area contributed by atoms with Crippen LogP contribution < -0.4 is 5.73 Å². The van der Waals surface area contributed by atoms with Crippen LogP contribution >= 0.6 is 0 Å². The van der Waals surface area contributed by atoms with E-state index in [0.29, 0.717) is 6.42 Å². The average Bonchev–Trinajstić information content (AvgIpc) is 2.38. The van der Waals surface area contributed by atoms with Gasteiger partial charge in [-0.15, -0.1) is 0 Å². The first kappa shape index (κ1) is 13.7. The number of nitrogens with two attached hydrogens (primary N) is 1. The quantitative estimate of drug-likeness (QED) is 0.816. The van der Waals surface area contributed by atoms with Crippen molar-refractivity contribution in [3.63, 3.8) is 0 Å². The Labute approximate surface area is 104 Å². The topological polar surface area (TPSA) is 46.3 Å². The fraction of sp³-hybridized carbons (Fsp3) is 0.500. The van der Waals surface area contributed by atoms with Crippen molar-refractivity contribution in [2.75, 3.05) is 13.6 Å². The number of nitrogens with zero attached hydrogens (tertiary/aromatic N) is 1. The summed E-state index contributed by atoms with van der Waals surface area (Å²) in [5.41, 5.74) is 7.02. The third kappa shape index (κ3) is 4.57. The Balaban J connectivity index is 2.29. The highest BCUT2D eigenvalue weighted by atomic mass is 16.2. The molecule has 94 valence electrons. The smallest absolute Gasteiger partial charge is 0.239 e. The van der Waals surface area contributed by atoms with Gasteiger partial charge in [-0.05, 0) is 24.8 Å². The molecular weight excluding hydrogens is 212 g/mol. The number of carbonyl (C=O) groups is 1. The first-order chi connectivity index (χ1) is 8.15. The molecule has 1 aromatic rings. The molecule has 1 atom stereocenters. The van der Waals surface area contributed by atoms with Crippen LogP contribution in [0, 0.1) is 0 Å². The highest BCUT2D eigenvalue weighted by molar-refractivity contribution is 5.81. The molecule has 0 aromatic heterocycles. The Hall–Kier alpha value is -1.35. The van der Waals surface area contributed by atoms with Crippen LogP contribution in [-0.2, 0) is 11.2 Å². The van der Waals surface area contributed by atoms with Crippen LogP contribution in [-0.4, -0.2) is 30.4 Å². The lowest BCUT2D eigenvalue weighted by Crippen LogP contribution is -2.41. The standard InChI is InChI=1S/C14H22N2O/c1-3-13(15)14(17)16(2)11-7-10-12-8-5-4-6-9-12/h4-6,8-9,13H,3,7,10-11,15H2,1-2H3/t13-/m1/s1. The van der Waals surface area contributed by atoms with Gasteiger partial charge in [0.25, 0.3) is 0 Å². The van der Waals surface area contributed by atoms with Crippen molar-refractivity contribution in [1.82, 2.24) is 4.90 Å². The highest BCUT2D eigenvalue weighted by Gasteiger charge is 2.15. The lowest BCUT2D eigenvalue weighted by molar-refractivity contribution is -0.131. The van der Waals surface area contributed by atoms with Crippen LogP contribution in [0.4, 0.5) is 0 Å². The van der Waals surface area contributed by atoms with Crippen LogP contribution in [0.25, 0.3) is 0 Å². The zero-order valence-electron chi connectivity index (χ0n) is 10.7.